The molecule has 0 spiro atoms. The fourth-order valence-electron chi connectivity index (χ4n) is 3.14. The zero-order valence-electron chi connectivity index (χ0n) is 14.4. The van der Waals surface area contributed by atoms with Gasteiger partial charge in [-0.2, -0.15) is 10.1 Å². The van der Waals surface area contributed by atoms with E-state index < -0.39 is 0 Å². The van der Waals surface area contributed by atoms with Gasteiger partial charge in [-0.1, -0.05) is 23.4 Å². The number of hydrogen-bond donors (Lipinski definition) is 1. The Morgan fingerprint density at radius 2 is 2.07 bits per heavy atom. The van der Waals surface area contributed by atoms with Crippen LogP contribution in [0.3, 0.4) is 0 Å². The highest BCUT2D eigenvalue weighted by Crippen LogP contribution is 2.21. The molecule has 4 heterocycles. The first kappa shape index (κ1) is 17.4. The van der Waals surface area contributed by atoms with E-state index in [4.69, 9.17) is 4.52 Å². The van der Waals surface area contributed by atoms with E-state index in [1.165, 1.54) is 5.69 Å². The Hall–Kier alpha value is -2.97. The number of imidazole rings is 1. The molecular weight excluding hydrogens is 366 g/mol. The van der Waals surface area contributed by atoms with Crippen molar-refractivity contribution in [3.05, 3.63) is 60.3 Å². The van der Waals surface area contributed by atoms with Gasteiger partial charge in [-0.15, -0.1) is 12.4 Å². The molecule has 1 aliphatic heterocycles. The molecule has 0 bridgehead atoms. The van der Waals surface area contributed by atoms with Crippen molar-refractivity contribution in [3.8, 4) is 23.0 Å². The third-order valence-electron chi connectivity index (χ3n) is 4.41. The first-order valence-electron chi connectivity index (χ1n) is 8.54. The Bertz CT molecular complexity index is 1010. The summed E-state index contributed by atoms with van der Waals surface area (Å²) >= 11 is 0. The van der Waals surface area contributed by atoms with Crippen LogP contribution >= 0.6 is 12.4 Å². The molecule has 0 saturated heterocycles. The molecule has 3 aromatic heterocycles. The zero-order valence-corrected chi connectivity index (χ0v) is 15.3. The van der Waals surface area contributed by atoms with Gasteiger partial charge in [-0.05, 0) is 18.2 Å². The first-order chi connectivity index (χ1) is 12.9. The standard InChI is InChI=1S/C18H17N7O.ClH/c1-2-4-13(5-3-1)18-21-16(23-26-18)12-24-8-7-20-17(24)15-10-14-11-19-6-9-25(14)22-15;/h1-5,7-8,10,19H,6,9,11-12H2;1H. The van der Waals surface area contributed by atoms with Crippen molar-refractivity contribution >= 4 is 12.4 Å². The van der Waals surface area contributed by atoms with E-state index in [9.17, 15) is 0 Å². The van der Waals surface area contributed by atoms with Gasteiger partial charge < -0.3 is 14.4 Å². The van der Waals surface area contributed by atoms with Crippen LogP contribution in [0.15, 0.2) is 53.3 Å². The van der Waals surface area contributed by atoms with Gasteiger partial charge >= 0.3 is 0 Å². The molecule has 1 aromatic carbocycles. The molecule has 1 N–H and O–H groups in total. The molecule has 0 radical (unpaired) electrons. The minimum atomic E-state index is 0. The molecule has 0 fully saturated rings. The van der Waals surface area contributed by atoms with Crippen molar-refractivity contribution in [2.75, 3.05) is 6.54 Å². The van der Waals surface area contributed by atoms with E-state index in [0.29, 0.717) is 18.3 Å². The number of nitrogens with one attached hydrogen (secondary N) is 1. The second kappa shape index (κ2) is 7.34. The quantitative estimate of drug-likeness (QED) is 0.582. The Kier molecular flexibility index (Phi) is 4.74. The summed E-state index contributed by atoms with van der Waals surface area (Å²) in [5.74, 6) is 1.93. The summed E-state index contributed by atoms with van der Waals surface area (Å²) in [4.78, 5) is 8.96. The van der Waals surface area contributed by atoms with E-state index in [-0.39, 0.29) is 12.4 Å². The molecule has 1 aliphatic rings. The van der Waals surface area contributed by atoms with E-state index in [2.05, 4.69) is 31.6 Å². The summed E-state index contributed by atoms with van der Waals surface area (Å²) in [7, 11) is 0. The number of fused-ring (bicyclic) bond motifs is 1. The Balaban J connectivity index is 0.00000180. The molecule has 9 heteroatoms. The van der Waals surface area contributed by atoms with Crippen LogP contribution in [-0.4, -0.2) is 36.0 Å². The molecule has 8 nitrogen and oxygen atoms in total. The molecule has 5 rings (SSSR count). The second-order valence-corrected chi connectivity index (χ2v) is 6.18. The predicted molar refractivity (Wildman–Crippen MR) is 101 cm³/mol. The molecule has 0 saturated carbocycles. The fraction of sp³-hybridized carbons (Fsp3) is 0.222. The van der Waals surface area contributed by atoms with Gasteiger partial charge in [0.15, 0.2) is 11.6 Å². The number of aromatic nitrogens is 6. The van der Waals surface area contributed by atoms with Crippen LogP contribution in [-0.2, 0) is 19.6 Å². The van der Waals surface area contributed by atoms with Crippen molar-refractivity contribution in [1.29, 1.82) is 0 Å². The largest absolute Gasteiger partial charge is 0.334 e. The number of rotatable bonds is 4. The third kappa shape index (κ3) is 3.36. The van der Waals surface area contributed by atoms with Crippen molar-refractivity contribution in [1.82, 2.24) is 34.8 Å². The van der Waals surface area contributed by atoms with Crippen molar-refractivity contribution in [2.45, 2.75) is 19.6 Å². The van der Waals surface area contributed by atoms with Gasteiger partial charge in [0.1, 0.15) is 5.69 Å². The average molecular weight is 384 g/mol. The lowest BCUT2D eigenvalue weighted by Gasteiger charge is -2.13. The van der Waals surface area contributed by atoms with Crippen molar-refractivity contribution in [3.63, 3.8) is 0 Å². The van der Waals surface area contributed by atoms with Gasteiger partial charge in [-0.3, -0.25) is 4.68 Å². The van der Waals surface area contributed by atoms with Gasteiger partial charge in [0.05, 0.1) is 18.8 Å². The van der Waals surface area contributed by atoms with E-state index in [0.717, 1.165) is 36.7 Å². The first-order valence-corrected chi connectivity index (χ1v) is 8.54. The highest BCUT2D eigenvalue weighted by molar-refractivity contribution is 5.85. The van der Waals surface area contributed by atoms with Crippen LogP contribution in [0.5, 0.6) is 0 Å². The van der Waals surface area contributed by atoms with Crippen LogP contribution in [0.2, 0.25) is 0 Å². The molecule has 138 valence electrons. The lowest BCUT2D eigenvalue weighted by Crippen LogP contribution is -2.28. The van der Waals surface area contributed by atoms with Crippen molar-refractivity contribution in [2.24, 2.45) is 0 Å². The van der Waals surface area contributed by atoms with Crippen LogP contribution in [0.1, 0.15) is 11.5 Å². The van der Waals surface area contributed by atoms with Crippen LogP contribution in [0.25, 0.3) is 23.0 Å². The summed E-state index contributed by atoms with van der Waals surface area (Å²) in [6.45, 7) is 3.13. The number of nitrogens with zero attached hydrogens (tertiary/aromatic N) is 6. The summed E-state index contributed by atoms with van der Waals surface area (Å²) < 4.78 is 9.41. The normalized spacial score (nSPS) is 13.2. The predicted octanol–water partition coefficient (Wildman–Crippen LogP) is 2.37. The summed E-state index contributed by atoms with van der Waals surface area (Å²) in [6, 6.07) is 11.8. The van der Waals surface area contributed by atoms with Crippen LogP contribution in [0, 0.1) is 0 Å². The third-order valence-corrected chi connectivity index (χ3v) is 4.41. The minimum Gasteiger partial charge on any atom is -0.334 e. The smallest absolute Gasteiger partial charge is 0.257 e. The van der Waals surface area contributed by atoms with E-state index >= 15 is 0 Å². The lowest BCUT2D eigenvalue weighted by molar-refractivity contribution is 0.420. The molecule has 4 aromatic rings. The summed E-state index contributed by atoms with van der Waals surface area (Å²) in [5.41, 5.74) is 2.94. The maximum Gasteiger partial charge on any atom is 0.257 e. The van der Waals surface area contributed by atoms with Gasteiger partial charge in [0.25, 0.3) is 5.89 Å². The molecular formula is C18H18ClN7O. The maximum atomic E-state index is 5.39. The topological polar surface area (TPSA) is 86.6 Å². The molecule has 0 atom stereocenters. The molecule has 0 amide bonds. The number of benzene rings is 1. The SMILES string of the molecule is Cl.c1ccc(-c2nc(Cn3ccnc3-c3cc4n(n3)CCNC4)no2)cc1. The minimum absolute atomic E-state index is 0. The lowest BCUT2D eigenvalue weighted by atomic mass is 10.2. The molecule has 0 unspecified atom stereocenters. The van der Waals surface area contributed by atoms with Crippen LogP contribution in [0.4, 0.5) is 0 Å². The number of halogens is 1. The second-order valence-electron chi connectivity index (χ2n) is 6.18. The van der Waals surface area contributed by atoms with Crippen molar-refractivity contribution < 1.29 is 4.52 Å². The summed E-state index contributed by atoms with van der Waals surface area (Å²) in [6.07, 6.45) is 3.68. The molecule has 27 heavy (non-hydrogen) atoms. The number of hydrogen-bond acceptors (Lipinski definition) is 6. The van der Waals surface area contributed by atoms with Gasteiger partial charge in [0, 0.05) is 31.0 Å². The molecule has 0 aliphatic carbocycles. The Morgan fingerprint density at radius 1 is 1.19 bits per heavy atom. The van der Waals surface area contributed by atoms with E-state index in [1.807, 2.05) is 45.8 Å². The van der Waals surface area contributed by atoms with E-state index in [1.54, 1.807) is 6.20 Å². The highest BCUT2D eigenvalue weighted by Gasteiger charge is 2.17. The van der Waals surface area contributed by atoms with Gasteiger partial charge in [0.2, 0.25) is 0 Å². The highest BCUT2D eigenvalue weighted by atomic mass is 35.5. The summed E-state index contributed by atoms with van der Waals surface area (Å²) in [5, 5.41) is 12.1. The average Bonchev–Trinajstić information content (AvgIpc) is 3.41. The van der Waals surface area contributed by atoms with Crippen LogP contribution < -0.4 is 5.32 Å². The Labute approximate surface area is 161 Å². The zero-order chi connectivity index (χ0) is 17.3. The Morgan fingerprint density at radius 3 is 2.93 bits per heavy atom. The monoisotopic (exact) mass is 383 g/mol. The fourth-order valence-corrected chi connectivity index (χ4v) is 3.14. The van der Waals surface area contributed by atoms with Gasteiger partial charge in [-0.25, -0.2) is 4.98 Å². The maximum absolute atomic E-state index is 5.39.